The predicted octanol–water partition coefficient (Wildman–Crippen LogP) is 3.48. The van der Waals surface area contributed by atoms with Crippen molar-refractivity contribution in [2.75, 3.05) is 20.3 Å². The molecule has 0 radical (unpaired) electrons. The van der Waals surface area contributed by atoms with Gasteiger partial charge in [-0.2, -0.15) is 0 Å². The molecule has 0 aliphatic rings. The van der Waals surface area contributed by atoms with Crippen molar-refractivity contribution < 1.29 is 14.3 Å². The summed E-state index contributed by atoms with van der Waals surface area (Å²) >= 11 is 6.18. The van der Waals surface area contributed by atoms with Crippen LogP contribution in [0, 0.1) is 13.8 Å². The Balaban J connectivity index is 0.00000288. The van der Waals surface area contributed by atoms with Crippen LogP contribution in [0.3, 0.4) is 0 Å². The van der Waals surface area contributed by atoms with Crippen LogP contribution in [0.15, 0.2) is 36.4 Å². The van der Waals surface area contributed by atoms with Gasteiger partial charge in [-0.25, -0.2) is 0 Å². The summed E-state index contributed by atoms with van der Waals surface area (Å²) in [5.41, 5.74) is 2.63. The molecule has 0 amide bonds. The van der Waals surface area contributed by atoms with Crippen molar-refractivity contribution >= 4 is 49.9 Å². The van der Waals surface area contributed by atoms with Gasteiger partial charge in [0.1, 0.15) is 12.4 Å². The number of hydrogen-bond acceptors (Lipinski definition) is 3. The molecule has 1 atom stereocenters. The average molecular weight is 359 g/mol. The molecule has 0 saturated carbocycles. The van der Waals surface area contributed by atoms with E-state index in [1.165, 1.54) is 0 Å². The molecular formula is C18H21ClLiO3P. The fourth-order valence-electron chi connectivity index (χ4n) is 2.21. The number of halogens is 1. The molecule has 0 aliphatic heterocycles. The molecule has 0 aliphatic carbocycles. The molecule has 0 aromatic heterocycles. The van der Waals surface area contributed by atoms with E-state index in [1.54, 1.807) is 13.2 Å². The summed E-state index contributed by atoms with van der Waals surface area (Å²) in [6.07, 6.45) is 0. The first kappa shape index (κ1) is 21.2. The number of carbonyl (C=O) groups excluding carboxylic acids is 1. The van der Waals surface area contributed by atoms with Crippen LogP contribution in [0.5, 0.6) is 5.75 Å². The van der Waals surface area contributed by atoms with E-state index in [0.29, 0.717) is 23.8 Å². The number of aryl methyl sites for hydroxylation is 2. The Morgan fingerprint density at radius 3 is 2.50 bits per heavy atom. The number of methoxy groups -OCH3 is 1. The molecular weight excluding hydrogens is 338 g/mol. The van der Waals surface area contributed by atoms with E-state index in [0.717, 1.165) is 22.2 Å². The van der Waals surface area contributed by atoms with Crippen molar-refractivity contribution in [3.63, 3.8) is 0 Å². The molecule has 0 saturated heterocycles. The van der Waals surface area contributed by atoms with Gasteiger partial charge >= 0.3 is 18.9 Å². The van der Waals surface area contributed by atoms with Crippen LogP contribution in [0.2, 0.25) is 5.02 Å². The molecule has 6 heteroatoms. The minimum atomic E-state index is 0. The molecule has 2 rings (SSSR count). The molecule has 0 heterocycles. The molecule has 2 aromatic carbocycles. The Morgan fingerprint density at radius 2 is 1.88 bits per heavy atom. The van der Waals surface area contributed by atoms with Gasteiger partial charge in [-0.05, 0) is 57.1 Å². The monoisotopic (exact) mass is 358 g/mol. The predicted molar refractivity (Wildman–Crippen MR) is 104 cm³/mol. The van der Waals surface area contributed by atoms with Crippen molar-refractivity contribution in [1.29, 1.82) is 0 Å². The van der Waals surface area contributed by atoms with Crippen LogP contribution < -0.4 is 10.0 Å². The zero-order chi connectivity index (χ0) is 16.8. The third kappa shape index (κ3) is 5.62. The number of ether oxygens (including phenoxy) is 2. The van der Waals surface area contributed by atoms with Gasteiger partial charge in [-0.3, -0.25) is 4.79 Å². The zero-order valence-electron chi connectivity index (χ0n) is 13.5. The zero-order valence-corrected chi connectivity index (χ0v) is 15.2. The summed E-state index contributed by atoms with van der Waals surface area (Å²) in [4.78, 5) is 12.6. The Morgan fingerprint density at radius 1 is 1.12 bits per heavy atom. The van der Waals surface area contributed by atoms with Gasteiger partial charge in [-0.15, -0.1) is 0 Å². The van der Waals surface area contributed by atoms with Crippen LogP contribution in [0.25, 0.3) is 0 Å². The summed E-state index contributed by atoms with van der Waals surface area (Å²) in [6.45, 7) is 4.95. The van der Waals surface area contributed by atoms with E-state index in [1.807, 2.05) is 44.2 Å². The van der Waals surface area contributed by atoms with Gasteiger partial charge in [0.25, 0.3) is 0 Å². The van der Waals surface area contributed by atoms with Gasteiger partial charge in [-0.1, -0.05) is 29.8 Å². The Hall–Kier alpha value is -0.813. The first-order chi connectivity index (χ1) is 11.0. The van der Waals surface area contributed by atoms with Gasteiger partial charge in [0, 0.05) is 12.7 Å². The van der Waals surface area contributed by atoms with Crippen molar-refractivity contribution in [2.24, 2.45) is 0 Å². The number of carbonyl (C=O) groups is 1. The third-order valence-electron chi connectivity index (χ3n) is 3.45. The first-order valence-corrected chi connectivity index (χ1v) is 8.69. The maximum atomic E-state index is 12.6. The van der Waals surface area contributed by atoms with Crippen LogP contribution in [-0.2, 0) is 4.74 Å². The van der Waals surface area contributed by atoms with Gasteiger partial charge in [0.2, 0.25) is 0 Å². The second-order valence-corrected chi connectivity index (χ2v) is 6.85. The summed E-state index contributed by atoms with van der Waals surface area (Å²) in [5.74, 6) is 0.787. The number of benzene rings is 2. The maximum absolute atomic E-state index is 12.6. The van der Waals surface area contributed by atoms with Crippen LogP contribution in [-0.4, -0.2) is 44.7 Å². The molecule has 0 bridgehead atoms. The van der Waals surface area contributed by atoms with Crippen molar-refractivity contribution in [3.8, 4) is 5.75 Å². The molecule has 3 nitrogen and oxygen atoms in total. The van der Waals surface area contributed by atoms with E-state index in [-0.39, 0.29) is 33.0 Å². The SMILES string of the molecule is COCCOc1ccc(PC(=O)c2c(C)cccc2Cl)c(C)c1.[LiH]. The van der Waals surface area contributed by atoms with E-state index in [2.05, 4.69) is 0 Å². The van der Waals surface area contributed by atoms with E-state index >= 15 is 0 Å². The fraction of sp³-hybridized carbons (Fsp3) is 0.278. The number of rotatable bonds is 7. The molecule has 0 fully saturated rings. The average Bonchev–Trinajstić information content (AvgIpc) is 2.50. The molecule has 1 unspecified atom stereocenters. The Labute approximate surface area is 162 Å². The second kappa shape index (κ2) is 10.2. The molecule has 0 spiro atoms. The molecule has 24 heavy (non-hydrogen) atoms. The van der Waals surface area contributed by atoms with Crippen molar-refractivity contribution in [1.82, 2.24) is 0 Å². The van der Waals surface area contributed by atoms with E-state index < -0.39 is 0 Å². The van der Waals surface area contributed by atoms with Gasteiger partial charge in [0.15, 0.2) is 5.52 Å². The van der Waals surface area contributed by atoms with Gasteiger partial charge in [0.05, 0.1) is 11.6 Å². The van der Waals surface area contributed by atoms with E-state index in [9.17, 15) is 4.79 Å². The minimum absolute atomic E-state index is 0. The van der Waals surface area contributed by atoms with Crippen LogP contribution >= 0.6 is 20.2 Å². The quantitative estimate of drug-likeness (QED) is 0.432. The molecule has 2 aromatic rings. The second-order valence-electron chi connectivity index (χ2n) is 5.20. The topological polar surface area (TPSA) is 35.5 Å². The summed E-state index contributed by atoms with van der Waals surface area (Å²) < 4.78 is 10.5. The summed E-state index contributed by atoms with van der Waals surface area (Å²) in [5, 5.41) is 1.52. The molecule has 124 valence electrons. The van der Waals surface area contributed by atoms with Crippen LogP contribution in [0.1, 0.15) is 21.5 Å². The normalized spacial score (nSPS) is 10.7. The fourth-order valence-corrected chi connectivity index (χ4v) is 3.74. The Bertz CT molecular complexity index is 686. The summed E-state index contributed by atoms with van der Waals surface area (Å²) in [7, 11) is 1.68. The number of hydrogen-bond donors (Lipinski definition) is 0. The van der Waals surface area contributed by atoms with Crippen LogP contribution in [0.4, 0.5) is 0 Å². The van der Waals surface area contributed by atoms with Crippen molar-refractivity contribution in [3.05, 3.63) is 58.1 Å². The Kier molecular flexibility index (Phi) is 9.06. The summed E-state index contributed by atoms with van der Waals surface area (Å²) in [6, 6.07) is 11.3. The van der Waals surface area contributed by atoms with Crippen molar-refractivity contribution in [2.45, 2.75) is 13.8 Å². The first-order valence-electron chi connectivity index (χ1n) is 7.31. The van der Waals surface area contributed by atoms with E-state index in [4.69, 9.17) is 21.1 Å². The third-order valence-corrected chi connectivity index (χ3v) is 5.07. The standard InChI is InChI=1S/C18H20ClO3P.Li.H/c1-12-5-4-6-15(19)17(12)18(20)23-16-8-7-14(11-13(16)2)22-10-9-21-3;;/h4-8,11,23H,9-10H2,1-3H3;;. The molecule has 0 N–H and O–H groups in total. The van der Waals surface area contributed by atoms with Gasteiger partial charge < -0.3 is 9.47 Å².